The Morgan fingerprint density at radius 1 is 1.17 bits per heavy atom. The largest absolute Gasteiger partial charge is 0.385 e. The SMILES string of the molecule is C[C@@H](N[C@H]1Cn2nnc(-c3ccccn3)c2[C@H]1O)c1ccccc1. The third kappa shape index (κ3) is 2.60. The van der Waals surface area contributed by atoms with Gasteiger partial charge in [0.1, 0.15) is 11.8 Å². The lowest BCUT2D eigenvalue weighted by Crippen LogP contribution is -2.35. The number of hydrogen-bond donors (Lipinski definition) is 2. The minimum atomic E-state index is -0.664. The second kappa shape index (κ2) is 6.14. The van der Waals surface area contributed by atoms with Crippen LogP contribution in [0.4, 0.5) is 0 Å². The smallest absolute Gasteiger partial charge is 0.137 e. The van der Waals surface area contributed by atoms with Gasteiger partial charge in [0.25, 0.3) is 0 Å². The maximum absolute atomic E-state index is 10.8. The Hall–Kier alpha value is -2.57. The van der Waals surface area contributed by atoms with Gasteiger partial charge < -0.3 is 10.4 Å². The zero-order valence-corrected chi connectivity index (χ0v) is 13.4. The number of benzene rings is 1. The Morgan fingerprint density at radius 3 is 2.71 bits per heavy atom. The Bertz CT molecular complexity index is 818. The van der Waals surface area contributed by atoms with E-state index < -0.39 is 6.10 Å². The van der Waals surface area contributed by atoms with Gasteiger partial charge >= 0.3 is 0 Å². The lowest BCUT2D eigenvalue weighted by atomic mass is 10.0. The zero-order valence-electron chi connectivity index (χ0n) is 13.4. The Morgan fingerprint density at radius 2 is 1.96 bits per heavy atom. The van der Waals surface area contributed by atoms with Crippen LogP contribution in [0.25, 0.3) is 11.4 Å². The molecule has 0 saturated heterocycles. The molecule has 6 heteroatoms. The average Bonchev–Trinajstić information content (AvgIpc) is 3.17. The van der Waals surface area contributed by atoms with E-state index >= 15 is 0 Å². The molecule has 3 atom stereocenters. The van der Waals surface area contributed by atoms with E-state index in [1.165, 1.54) is 5.56 Å². The molecule has 1 aliphatic rings. The molecule has 4 rings (SSSR count). The van der Waals surface area contributed by atoms with Crippen molar-refractivity contribution < 1.29 is 5.11 Å². The summed E-state index contributed by atoms with van der Waals surface area (Å²) in [5.74, 6) is 0. The Balaban J connectivity index is 1.56. The molecule has 2 N–H and O–H groups in total. The Kier molecular flexibility index (Phi) is 3.84. The van der Waals surface area contributed by atoms with E-state index in [0.717, 1.165) is 11.4 Å². The number of fused-ring (bicyclic) bond motifs is 1. The summed E-state index contributed by atoms with van der Waals surface area (Å²) in [6.45, 7) is 2.69. The molecule has 3 aromatic rings. The summed E-state index contributed by atoms with van der Waals surface area (Å²) in [4.78, 5) is 4.32. The molecule has 0 aliphatic carbocycles. The highest BCUT2D eigenvalue weighted by atomic mass is 16.3. The number of rotatable bonds is 4. The molecule has 0 fully saturated rings. The first kappa shape index (κ1) is 15.0. The molecule has 0 radical (unpaired) electrons. The van der Waals surface area contributed by atoms with Crippen molar-refractivity contribution in [3.05, 3.63) is 66.0 Å². The summed E-state index contributed by atoms with van der Waals surface area (Å²) in [5, 5.41) is 22.6. The van der Waals surface area contributed by atoms with Crippen molar-refractivity contribution in [3.63, 3.8) is 0 Å². The number of nitrogens with one attached hydrogen (secondary N) is 1. The first-order valence-corrected chi connectivity index (χ1v) is 8.08. The number of aromatic nitrogens is 4. The fourth-order valence-electron chi connectivity index (χ4n) is 3.21. The maximum atomic E-state index is 10.8. The predicted octanol–water partition coefficient (Wildman–Crippen LogP) is 2.11. The molecule has 0 unspecified atom stereocenters. The van der Waals surface area contributed by atoms with Gasteiger partial charge in [0.05, 0.1) is 24.0 Å². The van der Waals surface area contributed by atoms with E-state index in [4.69, 9.17) is 0 Å². The van der Waals surface area contributed by atoms with Crippen LogP contribution < -0.4 is 5.32 Å². The molecule has 0 saturated carbocycles. The Labute approximate surface area is 140 Å². The zero-order chi connectivity index (χ0) is 16.5. The summed E-state index contributed by atoms with van der Waals surface area (Å²) in [6, 6.07) is 15.9. The van der Waals surface area contributed by atoms with Gasteiger partial charge in [0.15, 0.2) is 0 Å². The lowest BCUT2D eigenvalue weighted by molar-refractivity contribution is 0.136. The summed E-state index contributed by atoms with van der Waals surface area (Å²) < 4.78 is 1.77. The summed E-state index contributed by atoms with van der Waals surface area (Å²) >= 11 is 0. The topological polar surface area (TPSA) is 75.9 Å². The molecule has 0 bridgehead atoms. The fourth-order valence-corrected chi connectivity index (χ4v) is 3.21. The minimum Gasteiger partial charge on any atom is -0.385 e. The first-order chi connectivity index (χ1) is 11.7. The van der Waals surface area contributed by atoms with Crippen molar-refractivity contribution in [3.8, 4) is 11.4 Å². The quantitative estimate of drug-likeness (QED) is 0.770. The van der Waals surface area contributed by atoms with Gasteiger partial charge in [-0.25, -0.2) is 4.68 Å². The second-order valence-electron chi connectivity index (χ2n) is 6.07. The highest BCUT2D eigenvalue weighted by Crippen LogP contribution is 2.33. The molecule has 24 heavy (non-hydrogen) atoms. The van der Waals surface area contributed by atoms with Gasteiger partial charge in [0.2, 0.25) is 0 Å². The number of nitrogens with zero attached hydrogens (tertiary/aromatic N) is 4. The van der Waals surface area contributed by atoms with E-state index in [0.29, 0.717) is 12.2 Å². The molecule has 6 nitrogen and oxygen atoms in total. The molecule has 1 aromatic carbocycles. The number of aliphatic hydroxyl groups excluding tert-OH is 1. The molecule has 2 aromatic heterocycles. The highest BCUT2D eigenvalue weighted by Gasteiger charge is 2.36. The van der Waals surface area contributed by atoms with Crippen molar-refractivity contribution >= 4 is 0 Å². The van der Waals surface area contributed by atoms with E-state index in [1.54, 1.807) is 10.9 Å². The summed E-state index contributed by atoms with van der Waals surface area (Å²) in [7, 11) is 0. The van der Waals surface area contributed by atoms with Gasteiger partial charge in [-0.2, -0.15) is 0 Å². The third-order valence-corrected chi connectivity index (χ3v) is 4.48. The van der Waals surface area contributed by atoms with Crippen molar-refractivity contribution in [2.45, 2.75) is 31.7 Å². The monoisotopic (exact) mass is 321 g/mol. The lowest BCUT2D eigenvalue weighted by Gasteiger charge is -2.22. The van der Waals surface area contributed by atoms with Crippen LogP contribution in [-0.2, 0) is 6.54 Å². The van der Waals surface area contributed by atoms with Crippen LogP contribution in [0.3, 0.4) is 0 Å². The van der Waals surface area contributed by atoms with Crippen molar-refractivity contribution in [2.75, 3.05) is 0 Å². The average molecular weight is 321 g/mol. The molecular weight excluding hydrogens is 302 g/mol. The van der Waals surface area contributed by atoms with Crippen LogP contribution in [0.1, 0.15) is 30.3 Å². The normalized spacial score (nSPS) is 20.8. The van der Waals surface area contributed by atoms with Gasteiger partial charge in [-0.1, -0.05) is 41.6 Å². The van der Waals surface area contributed by atoms with Gasteiger partial charge in [-0.05, 0) is 24.6 Å². The molecule has 1 aliphatic heterocycles. The predicted molar refractivity (Wildman–Crippen MR) is 90.0 cm³/mol. The number of hydrogen-bond acceptors (Lipinski definition) is 5. The number of aliphatic hydroxyl groups is 1. The van der Waals surface area contributed by atoms with E-state index in [2.05, 4.69) is 39.7 Å². The highest BCUT2D eigenvalue weighted by molar-refractivity contribution is 5.57. The van der Waals surface area contributed by atoms with Crippen molar-refractivity contribution in [1.29, 1.82) is 0 Å². The van der Waals surface area contributed by atoms with Crippen LogP contribution >= 0.6 is 0 Å². The van der Waals surface area contributed by atoms with E-state index in [-0.39, 0.29) is 12.1 Å². The van der Waals surface area contributed by atoms with Gasteiger partial charge in [-0.15, -0.1) is 5.10 Å². The van der Waals surface area contributed by atoms with Crippen LogP contribution in [0, 0.1) is 0 Å². The minimum absolute atomic E-state index is 0.104. The van der Waals surface area contributed by atoms with Gasteiger partial charge in [0, 0.05) is 12.2 Å². The molecule has 3 heterocycles. The van der Waals surface area contributed by atoms with Crippen LogP contribution in [-0.4, -0.2) is 31.1 Å². The van der Waals surface area contributed by atoms with Crippen LogP contribution in [0.5, 0.6) is 0 Å². The van der Waals surface area contributed by atoms with Crippen molar-refractivity contribution in [1.82, 2.24) is 25.3 Å². The fraction of sp³-hybridized carbons (Fsp3) is 0.278. The first-order valence-electron chi connectivity index (χ1n) is 8.08. The second-order valence-corrected chi connectivity index (χ2v) is 6.07. The van der Waals surface area contributed by atoms with E-state index in [9.17, 15) is 5.11 Å². The van der Waals surface area contributed by atoms with Crippen LogP contribution in [0.15, 0.2) is 54.7 Å². The van der Waals surface area contributed by atoms with E-state index in [1.807, 2.05) is 36.4 Å². The maximum Gasteiger partial charge on any atom is 0.137 e. The molecular formula is C18H19N5O. The molecule has 122 valence electrons. The van der Waals surface area contributed by atoms with Crippen molar-refractivity contribution in [2.24, 2.45) is 0 Å². The summed E-state index contributed by atoms with van der Waals surface area (Å²) in [6.07, 6.45) is 1.05. The molecule has 0 amide bonds. The third-order valence-electron chi connectivity index (χ3n) is 4.48. The summed E-state index contributed by atoms with van der Waals surface area (Å²) in [5.41, 5.74) is 3.30. The molecule has 0 spiro atoms. The van der Waals surface area contributed by atoms with Crippen LogP contribution in [0.2, 0.25) is 0 Å². The standard InChI is InChI=1S/C18H19N5O/c1-12(13-7-3-2-4-8-13)20-15-11-23-17(18(15)24)16(21-22-23)14-9-5-6-10-19-14/h2-10,12,15,18,20,24H,11H2,1H3/t12-,15+,18+/m1/s1. The van der Waals surface area contributed by atoms with Gasteiger partial charge in [-0.3, -0.25) is 4.98 Å². The number of pyridine rings is 1.